The van der Waals surface area contributed by atoms with Gasteiger partial charge in [0, 0.05) is 12.6 Å². The van der Waals surface area contributed by atoms with Crippen LogP contribution in [-0.4, -0.2) is 32.4 Å². The summed E-state index contributed by atoms with van der Waals surface area (Å²) >= 11 is 0. The Labute approximate surface area is 132 Å². The summed E-state index contributed by atoms with van der Waals surface area (Å²) in [5, 5.41) is 2.81. The molecule has 0 unspecified atom stereocenters. The maximum Gasteiger partial charge on any atom is 0.243 e. The second-order valence-electron chi connectivity index (χ2n) is 5.99. The number of rotatable bonds is 6. The molecule has 5 heteroatoms. The van der Waals surface area contributed by atoms with Crippen molar-refractivity contribution in [2.75, 3.05) is 18.1 Å². The summed E-state index contributed by atoms with van der Waals surface area (Å²) in [5.41, 5.74) is 2.28. The van der Waals surface area contributed by atoms with Crippen LogP contribution < -0.4 is 5.32 Å². The van der Waals surface area contributed by atoms with E-state index in [1.54, 1.807) is 6.08 Å². The molecule has 2 rings (SSSR count). The zero-order valence-electron chi connectivity index (χ0n) is 12.9. The quantitative estimate of drug-likeness (QED) is 0.816. The van der Waals surface area contributed by atoms with E-state index in [2.05, 4.69) is 17.4 Å². The number of carbonyl (C=O) groups excluding carboxylic acids is 1. The number of carbonyl (C=O) groups is 1. The van der Waals surface area contributed by atoms with Gasteiger partial charge in [-0.05, 0) is 37.7 Å². The number of sulfone groups is 1. The molecule has 1 aliphatic heterocycles. The van der Waals surface area contributed by atoms with E-state index in [-0.39, 0.29) is 23.3 Å². The van der Waals surface area contributed by atoms with Crippen LogP contribution in [0, 0.1) is 5.92 Å². The van der Waals surface area contributed by atoms with Gasteiger partial charge in [-0.25, -0.2) is 8.42 Å². The van der Waals surface area contributed by atoms with Crippen molar-refractivity contribution >= 4 is 15.7 Å². The molecule has 1 aromatic rings. The molecule has 1 heterocycles. The van der Waals surface area contributed by atoms with Crippen LogP contribution in [0.4, 0.5) is 0 Å². The van der Waals surface area contributed by atoms with E-state index in [1.807, 2.05) is 25.1 Å². The van der Waals surface area contributed by atoms with Crippen LogP contribution in [0.15, 0.2) is 42.0 Å². The first-order chi connectivity index (χ1) is 10.4. The molecule has 0 radical (unpaired) electrons. The highest BCUT2D eigenvalue weighted by Crippen LogP contribution is 2.17. The fourth-order valence-corrected chi connectivity index (χ4v) is 4.47. The van der Waals surface area contributed by atoms with Crippen LogP contribution in [0.5, 0.6) is 0 Å². The van der Waals surface area contributed by atoms with Gasteiger partial charge in [0.25, 0.3) is 0 Å². The molecule has 1 atom stereocenters. The lowest BCUT2D eigenvalue weighted by Gasteiger charge is -2.08. The van der Waals surface area contributed by atoms with E-state index >= 15 is 0 Å². The Morgan fingerprint density at radius 1 is 1.32 bits per heavy atom. The molecule has 0 saturated carbocycles. The van der Waals surface area contributed by atoms with Gasteiger partial charge >= 0.3 is 0 Å². The maximum atomic E-state index is 11.8. The Hall–Kier alpha value is -1.62. The minimum absolute atomic E-state index is 0.0620. The first kappa shape index (κ1) is 16.7. The minimum Gasteiger partial charge on any atom is -0.352 e. The van der Waals surface area contributed by atoms with Crippen molar-refractivity contribution in [1.82, 2.24) is 5.32 Å². The third-order valence-electron chi connectivity index (χ3n) is 3.92. The summed E-state index contributed by atoms with van der Waals surface area (Å²) in [4.78, 5) is 11.8. The predicted molar refractivity (Wildman–Crippen MR) is 88.3 cm³/mol. The van der Waals surface area contributed by atoms with E-state index in [1.165, 1.54) is 5.56 Å². The topological polar surface area (TPSA) is 63.2 Å². The Kier molecular flexibility index (Phi) is 5.77. The highest BCUT2D eigenvalue weighted by Gasteiger charge is 2.27. The number of benzene rings is 1. The van der Waals surface area contributed by atoms with Crippen LogP contribution in [0.2, 0.25) is 0 Å². The normalized spacial score (nSPS) is 20.8. The average Bonchev–Trinajstić information content (AvgIpc) is 2.83. The first-order valence-electron chi connectivity index (χ1n) is 7.64. The smallest absolute Gasteiger partial charge is 0.243 e. The zero-order chi connectivity index (χ0) is 16.0. The minimum atomic E-state index is -2.87. The van der Waals surface area contributed by atoms with Crippen molar-refractivity contribution in [3.8, 4) is 0 Å². The van der Waals surface area contributed by atoms with Crippen molar-refractivity contribution in [1.29, 1.82) is 0 Å². The molecule has 1 amide bonds. The number of allylic oxidation sites excluding steroid dienone is 1. The Bertz CT molecular complexity index is 635. The van der Waals surface area contributed by atoms with Crippen molar-refractivity contribution < 1.29 is 13.2 Å². The molecule has 22 heavy (non-hydrogen) atoms. The summed E-state index contributed by atoms with van der Waals surface area (Å²) < 4.78 is 22.7. The lowest BCUT2D eigenvalue weighted by molar-refractivity contribution is -0.116. The lowest BCUT2D eigenvalue weighted by atomic mass is 10.1. The van der Waals surface area contributed by atoms with Crippen LogP contribution in [0.25, 0.3) is 0 Å². The standard InChI is InChI=1S/C17H23NO3S/c1-14(7-8-15-5-3-2-4-6-15)11-17(19)18-12-16-9-10-22(20,21)13-16/h2-6,11,16H,7-10,12-13H2,1H3,(H,18,19)/b14-11-/t16-/m1/s1. The molecule has 0 aliphatic carbocycles. The number of nitrogens with one attached hydrogen (secondary N) is 1. The molecule has 1 N–H and O–H groups in total. The second-order valence-corrected chi connectivity index (χ2v) is 8.22. The molecule has 0 aromatic heterocycles. The van der Waals surface area contributed by atoms with E-state index in [0.29, 0.717) is 13.0 Å². The zero-order valence-corrected chi connectivity index (χ0v) is 13.7. The summed E-state index contributed by atoms with van der Waals surface area (Å²) in [7, 11) is -2.87. The van der Waals surface area contributed by atoms with Gasteiger partial charge in [0.15, 0.2) is 9.84 Å². The summed E-state index contributed by atoms with van der Waals surface area (Å²) in [5.74, 6) is 0.380. The van der Waals surface area contributed by atoms with Gasteiger partial charge in [0.1, 0.15) is 0 Å². The molecule has 4 nitrogen and oxygen atoms in total. The summed E-state index contributed by atoms with van der Waals surface area (Å²) in [6.07, 6.45) is 4.03. The third kappa shape index (κ3) is 5.64. The SMILES string of the molecule is C/C(=C/C(=O)NC[C@H]1CCS(=O)(=O)C1)CCc1ccccc1. The van der Waals surface area contributed by atoms with Crippen molar-refractivity contribution in [2.45, 2.75) is 26.2 Å². The summed E-state index contributed by atoms with van der Waals surface area (Å²) in [6.45, 7) is 2.39. The van der Waals surface area contributed by atoms with Gasteiger partial charge in [0.05, 0.1) is 11.5 Å². The lowest BCUT2D eigenvalue weighted by Crippen LogP contribution is -2.28. The molecular weight excluding hydrogens is 298 g/mol. The summed E-state index contributed by atoms with van der Waals surface area (Å²) in [6, 6.07) is 10.2. The monoisotopic (exact) mass is 321 g/mol. The van der Waals surface area contributed by atoms with Gasteiger partial charge in [-0.2, -0.15) is 0 Å². The molecule has 120 valence electrons. The second kappa shape index (κ2) is 7.58. The van der Waals surface area contributed by atoms with Gasteiger partial charge in [-0.3, -0.25) is 4.79 Å². The molecule has 0 bridgehead atoms. The highest BCUT2D eigenvalue weighted by atomic mass is 32.2. The van der Waals surface area contributed by atoms with Gasteiger partial charge in [-0.15, -0.1) is 0 Å². The van der Waals surface area contributed by atoms with Crippen molar-refractivity contribution in [3.63, 3.8) is 0 Å². The molecular formula is C17H23NO3S. The van der Waals surface area contributed by atoms with Crippen LogP contribution >= 0.6 is 0 Å². The average molecular weight is 321 g/mol. The third-order valence-corrected chi connectivity index (χ3v) is 5.76. The number of hydrogen-bond acceptors (Lipinski definition) is 3. The van der Waals surface area contributed by atoms with E-state index in [0.717, 1.165) is 18.4 Å². The fraction of sp³-hybridized carbons (Fsp3) is 0.471. The fourth-order valence-electron chi connectivity index (χ4n) is 2.61. The Balaban J connectivity index is 1.73. The number of amides is 1. The number of hydrogen-bond donors (Lipinski definition) is 1. The first-order valence-corrected chi connectivity index (χ1v) is 9.46. The van der Waals surface area contributed by atoms with Crippen LogP contribution in [-0.2, 0) is 21.1 Å². The number of aryl methyl sites for hydroxylation is 1. The Morgan fingerprint density at radius 3 is 2.68 bits per heavy atom. The van der Waals surface area contributed by atoms with Crippen molar-refractivity contribution in [2.24, 2.45) is 5.92 Å². The molecule has 1 saturated heterocycles. The van der Waals surface area contributed by atoms with Gasteiger partial charge in [0.2, 0.25) is 5.91 Å². The van der Waals surface area contributed by atoms with Gasteiger partial charge < -0.3 is 5.32 Å². The van der Waals surface area contributed by atoms with E-state index in [4.69, 9.17) is 0 Å². The maximum absolute atomic E-state index is 11.8. The van der Waals surface area contributed by atoms with E-state index in [9.17, 15) is 13.2 Å². The Morgan fingerprint density at radius 2 is 2.05 bits per heavy atom. The largest absolute Gasteiger partial charge is 0.352 e. The molecule has 1 aliphatic rings. The van der Waals surface area contributed by atoms with Crippen LogP contribution in [0.3, 0.4) is 0 Å². The molecule has 0 spiro atoms. The predicted octanol–water partition coefficient (Wildman–Crippen LogP) is 2.12. The molecule has 1 aromatic carbocycles. The highest BCUT2D eigenvalue weighted by molar-refractivity contribution is 7.91. The van der Waals surface area contributed by atoms with Crippen LogP contribution in [0.1, 0.15) is 25.3 Å². The van der Waals surface area contributed by atoms with E-state index < -0.39 is 9.84 Å². The van der Waals surface area contributed by atoms with Crippen molar-refractivity contribution in [3.05, 3.63) is 47.5 Å². The molecule has 1 fully saturated rings. The van der Waals surface area contributed by atoms with Gasteiger partial charge in [-0.1, -0.05) is 35.9 Å².